The molecule has 2 unspecified atom stereocenters. The molecule has 0 saturated carbocycles. The van der Waals surface area contributed by atoms with Crippen molar-refractivity contribution < 1.29 is 9.28 Å². The van der Waals surface area contributed by atoms with Crippen molar-refractivity contribution in [3.05, 3.63) is 24.6 Å². The van der Waals surface area contributed by atoms with Gasteiger partial charge in [-0.3, -0.25) is 9.28 Å². The number of nitrogens with one attached hydrogen (secondary N) is 2. The third-order valence-electron chi connectivity index (χ3n) is 4.11. The zero-order chi connectivity index (χ0) is 14.8. The van der Waals surface area contributed by atoms with Crippen LogP contribution in [-0.4, -0.2) is 36.2 Å². The quantitative estimate of drug-likeness (QED) is 0.387. The van der Waals surface area contributed by atoms with E-state index in [2.05, 4.69) is 49.0 Å². The van der Waals surface area contributed by atoms with E-state index in [0.717, 1.165) is 24.1 Å². The fourth-order valence-corrected chi connectivity index (χ4v) is 2.82. The van der Waals surface area contributed by atoms with E-state index in [4.69, 9.17) is 0 Å². The Hall–Kier alpha value is -1.29. The molecule has 0 aromatic rings. The van der Waals surface area contributed by atoms with E-state index in [1.54, 1.807) is 6.92 Å². The van der Waals surface area contributed by atoms with Crippen LogP contribution < -0.4 is 10.6 Å². The van der Waals surface area contributed by atoms with E-state index >= 15 is 0 Å². The fourth-order valence-electron chi connectivity index (χ4n) is 2.82. The van der Waals surface area contributed by atoms with Gasteiger partial charge >= 0.3 is 0 Å². The Labute approximate surface area is 123 Å². The minimum absolute atomic E-state index is 0.0540. The lowest BCUT2D eigenvalue weighted by Gasteiger charge is -2.37. The van der Waals surface area contributed by atoms with E-state index in [0.29, 0.717) is 6.17 Å². The van der Waals surface area contributed by atoms with Crippen molar-refractivity contribution in [1.29, 1.82) is 0 Å². The van der Waals surface area contributed by atoms with Crippen LogP contribution in [0.15, 0.2) is 24.6 Å². The minimum Gasteiger partial charge on any atom is -0.351 e. The molecule has 0 saturated heterocycles. The van der Waals surface area contributed by atoms with Gasteiger partial charge in [-0.15, -0.1) is 0 Å². The highest BCUT2D eigenvalue weighted by molar-refractivity contribution is 5.72. The van der Waals surface area contributed by atoms with Gasteiger partial charge in [-0.1, -0.05) is 12.2 Å². The SMILES string of the molecule is C/C=C/CCCCC1NC=C[N+]1(CC)CCNC(C)=O. The van der Waals surface area contributed by atoms with E-state index in [-0.39, 0.29) is 5.91 Å². The highest BCUT2D eigenvalue weighted by Gasteiger charge is 2.35. The summed E-state index contributed by atoms with van der Waals surface area (Å²) in [5.74, 6) is 0.0540. The summed E-state index contributed by atoms with van der Waals surface area (Å²) in [6.45, 7) is 8.63. The number of nitrogens with zero attached hydrogens (tertiary/aromatic N) is 1. The van der Waals surface area contributed by atoms with Crippen LogP contribution in [0.4, 0.5) is 0 Å². The summed E-state index contributed by atoms with van der Waals surface area (Å²) >= 11 is 0. The highest BCUT2D eigenvalue weighted by Crippen LogP contribution is 2.22. The topological polar surface area (TPSA) is 41.1 Å². The summed E-state index contributed by atoms with van der Waals surface area (Å²) in [6.07, 6.45) is 14.0. The van der Waals surface area contributed by atoms with Crippen LogP contribution in [0.25, 0.3) is 0 Å². The summed E-state index contributed by atoms with van der Waals surface area (Å²) in [5.41, 5.74) is 0. The molecule has 0 bridgehead atoms. The summed E-state index contributed by atoms with van der Waals surface area (Å²) in [5, 5.41) is 6.40. The van der Waals surface area contributed by atoms with Gasteiger partial charge in [0.25, 0.3) is 0 Å². The Morgan fingerprint density at radius 1 is 1.45 bits per heavy atom. The van der Waals surface area contributed by atoms with Gasteiger partial charge in [0.15, 0.2) is 6.17 Å². The molecule has 114 valence electrons. The van der Waals surface area contributed by atoms with E-state index < -0.39 is 0 Å². The molecule has 1 amide bonds. The molecule has 0 aromatic heterocycles. The average molecular weight is 280 g/mol. The van der Waals surface area contributed by atoms with Crippen LogP contribution in [-0.2, 0) is 4.79 Å². The molecule has 4 heteroatoms. The standard InChI is InChI=1S/C16H29N3O/c1-4-6-7-8-9-10-16-18-12-14-19(16,5-2)13-11-17-15(3)20/h4,6,12,14,16,18H,5,7-11,13H2,1-3H3/p+1/b6-4+. The number of allylic oxidation sites excluding steroid dienone is 2. The van der Waals surface area contributed by atoms with Gasteiger partial charge in [0.05, 0.1) is 19.3 Å². The van der Waals surface area contributed by atoms with Crippen molar-refractivity contribution in [2.24, 2.45) is 0 Å². The fraction of sp³-hybridized carbons (Fsp3) is 0.688. The average Bonchev–Trinajstić information content (AvgIpc) is 2.82. The molecular formula is C16H30N3O+. The first kappa shape index (κ1) is 16.8. The third kappa shape index (κ3) is 5.00. The second-order valence-electron chi connectivity index (χ2n) is 5.48. The maximum Gasteiger partial charge on any atom is 0.217 e. The Kier molecular flexibility index (Phi) is 7.37. The molecule has 1 rings (SSSR count). The third-order valence-corrected chi connectivity index (χ3v) is 4.11. The molecule has 2 atom stereocenters. The first-order chi connectivity index (χ1) is 9.64. The molecule has 20 heavy (non-hydrogen) atoms. The maximum absolute atomic E-state index is 11.0. The second-order valence-corrected chi connectivity index (χ2v) is 5.48. The number of likely N-dealkylation sites (N-methyl/N-ethyl adjacent to an activating group) is 1. The number of hydrogen-bond acceptors (Lipinski definition) is 2. The normalized spacial score (nSPS) is 25.1. The van der Waals surface area contributed by atoms with Gasteiger partial charge in [-0.25, -0.2) is 0 Å². The van der Waals surface area contributed by atoms with Gasteiger partial charge in [0, 0.05) is 13.3 Å². The van der Waals surface area contributed by atoms with Crippen molar-refractivity contribution in [1.82, 2.24) is 10.6 Å². The van der Waals surface area contributed by atoms with Crippen LogP contribution in [0.1, 0.15) is 46.5 Å². The molecule has 1 heterocycles. The van der Waals surface area contributed by atoms with Gasteiger partial charge in [-0.2, -0.15) is 0 Å². The molecule has 0 aliphatic carbocycles. The largest absolute Gasteiger partial charge is 0.351 e. The van der Waals surface area contributed by atoms with E-state index in [9.17, 15) is 4.79 Å². The van der Waals surface area contributed by atoms with Crippen LogP contribution in [0.5, 0.6) is 0 Å². The number of amides is 1. The van der Waals surface area contributed by atoms with Crippen molar-refractivity contribution >= 4 is 5.91 Å². The Bertz CT molecular complexity index is 352. The lowest BCUT2D eigenvalue weighted by Crippen LogP contribution is -2.55. The van der Waals surface area contributed by atoms with Crippen LogP contribution in [0, 0.1) is 0 Å². The van der Waals surface area contributed by atoms with Crippen LogP contribution in [0.2, 0.25) is 0 Å². The Morgan fingerprint density at radius 3 is 2.90 bits per heavy atom. The molecule has 1 aliphatic rings. The Balaban J connectivity index is 2.41. The van der Waals surface area contributed by atoms with E-state index in [1.165, 1.54) is 25.7 Å². The van der Waals surface area contributed by atoms with Crippen molar-refractivity contribution in [3.63, 3.8) is 0 Å². The molecule has 0 radical (unpaired) electrons. The second kappa shape index (κ2) is 8.80. The summed E-state index contributed by atoms with van der Waals surface area (Å²) < 4.78 is 0.934. The smallest absolute Gasteiger partial charge is 0.217 e. The number of quaternary nitrogens is 1. The lowest BCUT2D eigenvalue weighted by atomic mass is 10.1. The number of carbonyl (C=O) groups is 1. The molecule has 0 fully saturated rings. The predicted molar refractivity (Wildman–Crippen MR) is 83.7 cm³/mol. The predicted octanol–water partition coefficient (Wildman–Crippen LogP) is 2.50. The van der Waals surface area contributed by atoms with Gasteiger partial charge in [0.2, 0.25) is 5.91 Å². The number of unbranched alkanes of at least 4 members (excludes halogenated alkanes) is 2. The minimum atomic E-state index is 0.0540. The zero-order valence-corrected chi connectivity index (χ0v) is 13.2. The summed E-state index contributed by atoms with van der Waals surface area (Å²) in [4.78, 5) is 11.0. The monoisotopic (exact) mass is 280 g/mol. The summed E-state index contributed by atoms with van der Waals surface area (Å²) in [6, 6.07) is 0. The highest BCUT2D eigenvalue weighted by atomic mass is 16.1. The molecule has 1 aliphatic heterocycles. The van der Waals surface area contributed by atoms with Crippen molar-refractivity contribution in [3.8, 4) is 0 Å². The van der Waals surface area contributed by atoms with Crippen LogP contribution in [0.3, 0.4) is 0 Å². The van der Waals surface area contributed by atoms with Gasteiger partial charge < -0.3 is 10.6 Å². The molecule has 4 nitrogen and oxygen atoms in total. The van der Waals surface area contributed by atoms with E-state index in [1.807, 2.05) is 0 Å². The zero-order valence-electron chi connectivity index (χ0n) is 13.2. The molecular weight excluding hydrogens is 250 g/mol. The van der Waals surface area contributed by atoms with Crippen molar-refractivity contribution in [2.75, 3.05) is 19.6 Å². The maximum atomic E-state index is 11.0. The van der Waals surface area contributed by atoms with Gasteiger partial charge in [0.1, 0.15) is 12.7 Å². The molecule has 2 N–H and O–H groups in total. The van der Waals surface area contributed by atoms with Crippen molar-refractivity contribution in [2.45, 2.75) is 52.6 Å². The lowest BCUT2D eigenvalue weighted by molar-refractivity contribution is -0.898. The Morgan fingerprint density at radius 2 is 2.25 bits per heavy atom. The number of hydrogen-bond donors (Lipinski definition) is 2. The molecule has 0 spiro atoms. The molecule has 0 aromatic carbocycles. The number of carbonyl (C=O) groups excluding carboxylic acids is 1. The number of rotatable bonds is 9. The first-order valence-electron chi connectivity index (χ1n) is 7.80. The first-order valence-corrected chi connectivity index (χ1v) is 7.80. The summed E-state index contributed by atoms with van der Waals surface area (Å²) in [7, 11) is 0. The van der Waals surface area contributed by atoms with Gasteiger partial charge in [-0.05, 0) is 33.1 Å². The van der Waals surface area contributed by atoms with Crippen LogP contribution >= 0.6 is 0 Å².